The Kier molecular flexibility index (Phi) is 5.49. The molecule has 0 saturated carbocycles. The maximum Gasteiger partial charge on any atom is 0.0628 e. The van der Waals surface area contributed by atoms with Crippen LogP contribution in [0.4, 0.5) is 0 Å². The van der Waals surface area contributed by atoms with Crippen molar-refractivity contribution in [3.63, 3.8) is 0 Å². The molecule has 1 aromatic rings. The third kappa shape index (κ3) is 3.91. The van der Waals surface area contributed by atoms with Crippen molar-refractivity contribution in [2.24, 2.45) is 0 Å². The lowest BCUT2D eigenvalue weighted by molar-refractivity contribution is 0.158. The van der Waals surface area contributed by atoms with Crippen LogP contribution in [0.2, 0.25) is 0 Å². The molecule has 88 valence electrons. The van der Waals surface area contributed by atoms with Gasteiger partial charge in [0.25, 0.3) is 0 Å². The summed E-state index contributed by atoms with van der Waals surface area (Å²) in [5, 5.41) is 9.99. The van der Waals surface area contributed by atoms with Gasteiger partial charge >= 0.3 is 0 Å². The van der Waals surface area contributed by atoms with E-state index >= 15 is 0 Å². The SMILES string of the molecule is C=C(Cl)CN(C)C(CO)c1cccc(Br)c1. The van der Waals surface area contributed by atoms with E-state index in [2.05, 4.69) is 22.5 Å². The Bertz CT molecular complexity index is 370. The number of rotatable bonds is 5. The molecule has 0 bridgehead atoms. The lowest BCUT2D eigenvalue weighted by Gasteiger charge is -2.26. The monoisotopic (exact) mass is 303 g/mol. The fourth-order valence-electron chi connectivity index (χ4n) is 1.59. The van der Waals surface area contributed by atoms with Gasteiger partial charge in [-0.25, -0.2) is 0 Å². The van der Waals surface area contributed by atoms with E-state index in [-0.39, 0.29) is 12.6 Å². The maximum absolute atomic E-state index is 9.42. The molecule has 0 saturated heterocycles. The summed E-state index contributed by atoms with van der Waals surface area (Å²) in [5.41, 5.74) is 1.05. The third-order valence-electron chi connectivity index (χ3n) is 2.36. The highest BCUT2D eigenvalue weighted by Crippen LogP contribution is 2.23. The zero-order chi connectivity index (χ0) is 12.1. The predicted octanol–water partition coefficient (Wildman–Crippen LogP) is 3.17. The van der Waals surface area contributed by atoms with E-state index in [0.717, 1.165) is 10.0 Å². The molecule has 0 aromatic heterocycles. The molecule has 1 unspecified atom stereocenters. The average molecular weight is 305 g/mol. The molecule has 0 fully saturated rings. The Morgan fingerprint density at radius 1 is 1.62 bits per heavy atom. The van der Waals surface area contributed by atoms with Crippen LogP contribution in [0.15, 0.2) is 40.3 Å². The summed E-state index contributed by atoms with van der Waals surface area (Å²) >= 11 is 9.18. The summed E-state index contributed by atoms with van der Waals surface area (Å²) < 4.78 is 1.00. The average Bonchev–Trinajstić information content (AvgIpc) is 2.17. The minimum absolute atomic E-state index is 0.0527. The maximum atomic E-state index is 9.42. The van der Waals surface area contributed by atoms with Crippen LogP contribution < -0.4 is 0 Å². The first-order chi connectivity index (χ1) is 7.54. The second-order valence-corrected chi connectivity index (χ2v) is 5.14. The Morgan fingerprint density at radius 2 is 2.31 bits per heavy atom. The van der Waals surface area contributed by atoms with Crippen LogP contribution in [0.1, 0.15) is 11.6 Å². The standard InChI is InChI=1S/C12H15BrClNO/c1-9(14)7-15(2)12(8-16)10-4-3-5-11(13)6-10/h3-6,12,16H,1,7-8H2,2H3. The summed E-state index contributed by atoms with van der Waals surface area (Å²) in [6.45, 7) is 4.26. The minimum atomic E-state index is -0.0620. The second-order valence-electron chi connectivity index (χ2n) is 3.69. The summed E-state index contributed by atoms with van der Waals surface area (Å²) in [7, 11) is 1.91. The van der Waals surface area contributed by atoms with Crippen molar-refractivity contribution < 1.29 is 5.11 Å². The number of halogens is 2. The van der Waals surface area contributed by atoms with Gasteiger partial charge in [0.2, 0.25) is 0 Å². The Hall–Kier alpha value is -0.350. The van der Waals surface area contributed by atoms with Crippen molar-refractivity contribution in [2.45, 2.75) is 6.04 Å². The normalized spacial score (nSPS) is 12.8. The molecule has 2 nitrogen and oxygen atoms in total. The van der Waals surface area contributed by atoms with Crippen molar-refractivity contribution in [2.75, 3.05) is 20.2 Å². The zero-order valence-electron chi connectivity index (χ0n) is 9.16. The topological polar surface area (TPSA) is 23.5 Å². The van der Waals surface area contributed by atoms with Gasteiger partial charge in [0.15, 0.2) is 0 Å². The number of aliphatic hydroxyl groups is 1. The molecule has 0 spiro atoms. The van der Waals surface area contributed by atoms with E-state index in [0.29, 0.717) is 11.6 Å². The van der Waals surface area contributed by atoms with Crippen LogP contribution in [0.25, 0.3) is 0 Å². The number of hydrogen-bond acceptors (Lipinski definition) is 2. The highest BCUT2D eigenvalue weighted by molar-refractivity contribution is 9.10. The van der Waals surface area contributed by atoms with Crippen LogP contribution in [-0.2, 0) is 0 Å². The van der Waals surface area contributed by atoms with Gasteiger partial charge in [0.05, 0.1) is 12.6 Å². The van der Waals surface area contributed by atoms with E-state index in [4.69, 9.17) is 11.6 Å². The minimum Gasteiger partial charge on any atom is -0.394 e. The largest absolute Gasteiger partial charge is 0.394 e. The van der Waals surface area contributed by atoms with Crippen LogP contribution in [-0.4, -0.2) is 30.2 Å². The summed E-state index contributed by atoms with van der Waals surface area (Å²) in [6, 6.07) is 7.82. The summed E-state index contributed by atoms with van der Waals surface area (Å²) in [4.78, 5) is 1.97. The van der Waals surface area contributed by atoms with Gasteiger partial charge in [0.1, 0.15) is 0 Å². The third-order valence-corrected chi connectivity index (χ3v) is 2.97. The lowest BCUT2D eigenvalue weighted by Crippen LogP contribution is -2.28. The van der Waals surface area contributed by atoms with E-state index in [9.17, 15) is 5.11 Å². The molecule has 0 aliphatic carbocycles. The Balaban J connectivity index is 2.85. The van der Waals surface area contributed by atoms with E-state index in [1.807, 2.05) is 36.2 Å². The molecule has 0 amide bonds. The van der Waals surface area contributed by atoms with Crippen LogP contribution in [0, 0.1) is 0 Å². The first-order valence-corrected chi connectivity index (χ1v) is 6.11. The molecule has 1 atom stereocenters. The first-order valence-electron chi connectivity index (χ1n) is 4.94. The van der Waals surface area contributed by atoms with Crippen molar-refractivity contribution >= 4 is 27.5 Å². The molecule has 1 N–H and O–H groups in total. The molecule has 0 aliphatic rings. The highest BCUT2D eigenvalue weighted by Gasteiger charge is 2.16. The van der Waals surface area contributed by atoms with Gasteiger partial charge in [-0.1, -0.05) is 46.2 Å². The number of likely N-dealkylation sites (N-methyl/N-ethyl adjacent to an activating group) is 1. The summed E-state index contributed by atoms with van der Waals surface area (Å²) in [5.74, 6) is 0. The van der Waals surface area contributed by atoms with Gasteiger partial charge < -0.3 is 5.11 Å². The molecule has 0 aliphatic heterocycles. The van der Waals surface area contributed by atoms with Crippen LogP contribution in [0.5, 0.6) is 0 Å². The van der Waals surface area contributed by atoms with Gasteiger partial charge in [0, 0.05) is 16.0 Å². The van der Waals surface area contributed by atoms with Crippen molar-refractivity contribution in [3.05, 3.63) is 45.9 Å². The van der Waals surface area contributed by atoms with Crippen molar-refractivity contribution in [1.82, 2.24) is 4.90 Å². The van der Waals surface area contributed by atoms with Crippen LogP contribution in [0.3, 0.4) is 0 Å². The summed E-state index contributed by atoms with van der Waals surface area (Å²) in [6.07, 6.45) is 0. The molecule has 1 aromatic carbocycles. The van der Waals surface area contributed by atoms with Crippen molar-refractivity contribution in [3.8, 4) is 0 Å². The van der Waals surface area contributed by atoms with E-state index in [1.54, 1.807) is 0 Å². The second kappa shape index (κ2) is 6.40. The van der Waals surface area contributed by atoms with Crippen LogP contribution >= 0.6 is 27.5 Å². The molecule has 0 heterocycles. The molecule has 0 radical (unpaired) electrons. The number of nitrogens with zero attached hydrogens (tertiary/aromatic N) is 1. The van der Waals surface area contributed by atoms with Gasteiger partial charge in [-0.05, 0) is 24.7 Å². The smallest absolute Gasteiger partial charge is 0.0628 e. The quantitative estimate of drug-likeness (QED) is 0.903. The zero-order valence-corrected chi connectivity index (χ0v) is 11.5. The van der Waals surface area contributed by atoms with E-state index in [1.165, 1.54) is 0 Å². The molecule has 16 heavy (non-hydrogen) atoms. The first kappa shape index (κ1) is 13.7. The Morgan fingerprint density at radius 3 is 2.81 bits per heavy atom. The highest BCUT2D eigenvalue weighted by atomic mass is 79.9. The van der Waals surface area contributed by atoms with E-state index < -0.39 is 0 Å². The van der Waals surface area contributed by atoms with Gasteiger partial charge in [-0.15, -0.1) is 0 Å². The molecule has 1 rings (SSSR count). The fourth-order valence-corrected chi connectivity index (χ4v) is 2.20. The number of benzene rings is 1. The van der Waals surface area contributed by atoms with Gasteiger partial charge in [-0.2, -0.15) is 0 Å². The number of hydrogen-bond donors (Lipinski definition) is 1. The van der Waals surface area contributed by atoms with Crippen molar-refractivity contribution in [1.29, 1.82) is 0 Å². The predicted molar refractivity (Wildman–Crippen MR) is 71.6 cm³/mol. The molecule has 4 heteroatoms. The Labute approximate surface area is 110 Å². The molecular formula is C12H15BrClNO. The van der Waals surface area contributed by atoms with Gasteiger partial charge in [-0.3, -0.25) is 4.90 Å². The molecular weight excluding hydrogens is 289 g/mol. The number of aliphatic hydroxyl groups excluding tert-OH is 1. The lowest BCUT2D eigenvalue weighted by atomic mass is 10.1. The fraction of sp³-hybridized carbons (Fsp3) is 0.333.